The maximum absolute atomic E-state index is 12.0. The maximum atomic E-state index is 12.0. The molecule has 0 aliphatic heterocycles. The van der Waals surface area contributed by atoms with E-state index < -0.39 is 0 Å². The van der Waals surface area contributed by atoms with Crippen LogP contribution in [0.5, 0.6) is 0 Å². The summed E-state index contributed by atoms with van der Waals surface area (Å²) in [6.07, 6.45) is 8.97. The molecule has 5 heteroatoms. The van der Waals surface area contributed by atoms with E-state index in [9.17, 15) is 4.79 Å². The summed E-state index contributed by atoms with van der Waals surface area (Å²) >= 11 is 0. The summed E-state index contributed by atoms with van der Waals surface area (Å²) in [5, 5.41) is 7.14. The van der Waals surface area contributed by atoms with Gasteiger partial charge in [-0.15, -0.1) is 0 Å². The zero-order valence-corrected chi connectivity index (χ0v) is 11.1. The van der Waals surface area contributed by atoms with Gasteiger partial charge in [-0.25, -0.2) is 9.67 Å². The summed E-state index contributed by atoms with van der Waals surface area (Å²) in [6.45, 7) is 0.505. The molecule has 1 N–H and O–H groups in total. The summed E-state index contributed by atoms with van der Waals surface area (Å²) < 4.78 is 1.71. The highest BCUT2D eigenvalue weighted by molar-refractivity contribution is 5.79. The average molecular weight is 268 g/mol. The quantitative estimate of drug-likeness (QED) is 0.861. The maximum Gasteiger partial charge on any atom is 0.224 e. The number of para-hydroxylation sites is 1. The molecular weight excluding hydrogens is 252 g/mol. The van der Waals surface area contributed by atoms with Crippen LogP contribution in [0.4, 0.5) is 0 Å². The standard InChI is InChI=1S/C15H16N4O/c20-15(12-5-1-2-6-12)17-9-13-7-3-4-8-14(13)19-11-16-10-18-19/h1-4,7-8,10-12H,5-6,9H2,(H,17,20). The normalized spacial score (nSPS) is 14.6. The Morgan fingerprint density at radius 1 is 1.30 bits per heavy atom. The molecule has 0 saturated carbocycles. The van der Waals surface area contributed by atoms with E-state index in [1.807, 2.05) is 24.3 Å². The van der Waals surface area contributed by atoms with Crippen molar-refractivity contribution in [3.8, 4) is 5.69 Å². The molecule has 5 nitrogen and oxygen atoms in total. The number of hydrogen-bond donors (Lipinski definition) is 1. The molecule has 1 aromatic carbocycles. The van der Waals surface area contributed by atoms with Gasteiger partial charge in [0.2, 0.25) is 5.91 Å². The highest BCUT2D eigenvalue weighted by atomic mass is 16.1. The second kappa shape index (κ2) is 5.69. The van der Waals surface area contributed by atoms with Gasteiger partial charge in [0, 0.05) is 12.5 Å². The summed E-state index contributed by atoms with van der Waals surface area (Å²) in [5.41, 5.74) is 1.96. The lowest BCUT2D eigenvalue weighted by atomic mass is 10.1. The monoisotopic (exact) mass is 268 g/mol. The minimum Gasteiger partial charge on any atom is -0.352 e. The van der Waals surface area contributed by atoms with Crippen molar-refractivity contribution >= 4 is 5.91 Å². The molecule has 20 heavy (non-hydrogen) atoms. The first-order chi connectivity index (χ1) is 9.84. The van der Waals surface area contributed by atoms with Gasteiger partial charge in [0.1, 0.15) is 12.7 Å². The van der Waals surface area contributed by atoms with Crippen LogP contribution in [0.15, 0.2) is 49.1 Å². The van der Waals surface area contributed by atoms with Crippen LogP contribution in [-0.2, 0) is 11.3 Å². The molecule has 0 atom stereocenters. The number of nitrogens with one attached hydrogen (secondary N) is 1. The van der Waals surface area contributed by atoms with E-state index in [1.54, 1.807) is 11.0 Å². The molecule has 1 amide bonds. The molecule has 1 heterocycles. The van der Waals surface area contributed by atoms with Gasteiger partial charge in [0.15, 0.2) is 0 Å². The van der Waals surface area contributed by atoms with Crippen molar-refractivity contribution in [1.82, 2.24) is 20.1 Å². The largest absolute Gasteiger partial charge is 0.352 e. The van der Waals surface area contributed by atoms with Crippen LogP contribution in [0.25, 0.3) is 5.69 Å². The third-order valence-corrected chi connectivity index (χ3v) is 3.49. The number of amides is 1. The van der Waals surface area contributed by atoms with E-state index >= 15 is 0 Å². The van der Waals surface area contributed by atoms with Crippen molar-refractivity contribution < 1.29 is 4.79 Å². The molecule has 1 aliphatic carbocycles. The Bertz CT molecular complexity index is 611. The Morgan fingerprint density at radius 3 is 2.85 bits per heavy atom. The fourth-order valence-electron chi connectivity index (χ4n) is 2.37. The van der Waals surface area contributed by atoms with Crippen molar-refractivity contribution in [3.63, 3.8) is 0 Å². The van der Waals surface area contributed by atoms with Gasteiger partial charge in [-0.05, 0) is 24.5 Å². The molecule has 0 saturated heterocycles. The van der Waals surface area contributed by atoms with E-state index in [-0.39, 0.29) is 11.8 Å². The predicted octanol–water partition coefficient (Wildman–Crippen LogP) is 1.85. The van der Waals surface area contributed by atoms with Crippen molar-refractivity contribution in [3.05, 3.63) is 54.6 Å². The van der Waals surface area contributed by atoms with Gasteiger partial charge in [-0.3, -0.25) is 4.79 Å². The van der Waals surface area contributed by atoms with Crippen LogP contribution in [-0.4, -0.2) is 20.7 Å². The summed E-state index contributed by atoms with van der Waals surface area (Å²) in [7, 11) is 0. The van der Waals surface area contributed by atoms with E-state index in [2.05, 4.69) is 27.6 Å². The molecule has 102 valence electrons. The first kappa shape index (κ1) is 12.6. The topological polar surface area (TPSA) is 59.8 Å². The Labute approximate surface area is 117 Å². The number of carbonyl (C=O) groups is 1. The van der Waals surface area contributed by atoms with Gasteiger partial charge >= 0.3 is 0 Å². The minimum atomic E-state index is 0.0912. The smallest absolute Gasteiger partial charge is 0.224 e. The fourth-order valence-corrected chi connectivity index (χ4v) is 2.37. The number of nitrogens with zero attached hydrogens (tertiary/aromatic N) is 3. The van der Waals surface area contributed by atoms with Crippen LogP contribution in [0.1, 0.15) is 18.4 Å². The van der Waals surface area contributed by atoms with E-state index in [1.165, 1.54) is 6.33 Å². The first-order valence-corrected chi connectivity index (χ1v) is 6.70. The van der Waals surface area contributed by atoms with Gasteiger partial charge in [0.05, 0.1) is 5.69 Å². The van der Waals surface area contributed by atoms with E-state index in [4.69, 9.17) is 0 Å². The van der Waals surface area contributed by atoms with E-state index in [0.717, 1.165) is 24.1 Å². The zero-order valence-electron chi connectivity index (χ0n) is 11.1. The zero-order chi connectivity index (χ0) is 13.8. The fraction of sp³-hybridized carbons (Fsp3) is 0.267. The second-order valence-corrected chi connectivity index (χ2v) is 4.83. The van der Waals surface area contributed by atoms with Crippen molar-refractivity contribution in [2.24, 2.45) is 5.92 Å². The molecule has 1 aromatic heterocycles. The van der Waals surface area contributed by atoms with Crippen LogP contribution < -0.4 is 5.32 Å². The first-order valence-electron chi connectivity index (χ1n) is 6.70. The van der Waals surface area contributed by atoms with Gasteiger partial charge < -0.3 is 5.32 Å². The number of allylic oxidation sites excluding steroid dienone is 2. The van der Waals surface area contributed by atoms with Gasteiger partial charge in [0.25, 0.3) is 0 Å². The highest BCUT2D eigenvalue weighted by Crippen LogP contribution is 2.18. The van der Waals surface area contributed by atoms with Crippen molar-refractivity contribution in [2.45, 2.75) is 19.4 Å². The van der Waals surface area contributed by atoms with Crippen molar-refractivity contribution in [1.29, 1.82) is 0 Å². The molecular formula is C15H16N4O. The summed E-state index contributed by atoms with van der Waals surface area (Å²) in [5.74, 6) is 0.205. The molecule has 1 aliphatic rings. The predicted molar refractivity (Wildman–Crippen MR) is 75.1 cm³/mol. The van der Waals surface area contributed by atoms with E-state index in [0.29, 0.717) is 6.54 Å². The lowest BCUT2D eigenvalue weighted by Crippen LogP contribution is -2.29. The Morgan fingerprint density at radius 2 is 2.10 bits per heavy atom. The van der Waals surface area contributed by atoms with Gasteiger partial charge in [-0.2, -0.15) is 5.10 Å². The van der Waals surface area contributed by atoms with Gasteiger partial charge in [-0.1, -0.05) is 30.4 Å². The second-order valence-electron chi connectivity index (χ2n) is 4.83. The van der Waals surface area contributed by atoms with Crippen LogP contribution in [0, 0.1) is 5.92 Å². The van der Waals surface area contributed by atoms with Crippen LogP contribution >= 0.6 is 0 Å². The molecule has 0 unspecified atom stereocenters. The van der Waals surface area contributed by atoms with Crippen molar-refractivity contribution in [2.75, 3.05) is 0 Å². The SMILES string of the molecule is O=C(NCc1ccccc1-n1cncn1)C1CC=CC1. The summed E-state index contributed by atoms with van der Waals surface area (Å²) in [4.78, 5) is 16.0. The third kappa shape index (κ3) is 2.61. The van der Waals surface area contributed by atoms with Crippen LogP contribution in [0.3, 0.4) is 0 Å². The third-order valence-electron chi connectivity index (χ3n) is 3.49. The molecule has 3 rings (SSSR count). The lowest BCUT2D eigenvalue weighted by molar-refractivity contribution is -0.124. The number of aromatic nitrogens is 3. The number of carbonyl (C=O) groups excluding carboxylic acids is 1. The number of benzene rings is 1. The Kier molecular flexibility index (Phi) is 3.58. The Balaban J connectivity index is 1.70. The lowest BCUT2D eigenvalue weighted by Gasteiger charge is -2.13. The minimum absolute atomic E-state index is 0.0912. The molecule has 0 spiro atoms. The highest BCUT2D eigenvalue weighted by Gasteiger charge is 2.18. The molecule has 0 fully saturated rings. The summed E-state index contributed by atoms with van der Waals surface area (Å²) in [6, 6.07) is 7.86. The number of rotatable bonds is 4. The van der Waals surface area contributed by atoms with Crippen LogP contribution in [0.2, 0.25) is 0 Å². The number of hydrogen-bond acceptors (Lipinski definition) is 3. The molecule has 0 radical (unpaired) electrons. The average Bonchev–Trinajstić information content (AvgIpc) is 3.17. The Hall–Kier alpha value is -2.43. The molecule has 2 aromatic rings. The molecule has 0 bridgehead atoms.